The van der Waals surface area contributed by atoms with E-state index < -0.39 is 28.5 Å². The van der Waals surface area contributed by atoms with Gasteiger partial charge < -0.3 is 20.6 Å². The van der Waals surface area contributed by atoms with Crippen LogP contribution >= 0.6 is 0 Å². The van der Waals surface area contributed by atoms with Gasteiger partial charge in [-0.25, -0.2) is 0 Å². The van der Waals surface area contributed by atoms with E-state index in [9.17, 15) is 28.5 Å². The Kier molecular flexibility index (Phi) is 8.96. The molecule has 4 aliphatic rings. The number of carbonyl (C=O) groups is 1. The minimum atomic E-state index is -4.29. The van der Waals surface area contributed by atoms with Gasteiger partial charge in [-0.1, -0.05) is 34.1 Å². The molecular weight excluding hydrogens is 506 g/mol. The molecule has 0 saturated heterocycles. The molecule has 0 bridgehead atoms. The number of nitrogens with one attached hydrogen (secondary N) is 1. The quantitative estimate of drug-likeness (QED) is 0.273. The summed E-state index contributed by atoms with van der Waals surface area (Å²) in [6.07, 6.45) is 8.49. The van der Waals surface area contributed by atoms with Crippen LogP contribution in [0.15, 0.2) is 0 Å². The second-order valence-electron chi connectivity index (χ2n) is 13.8. The second kappa shape index (κ2) is 11.3. The van der Waals surface area contributed by atoms with Crippen LogP contribution in [0.4, 0.5) is 0 Å². The smallest absolute Gasteiger partial charge is 0.266 e. The molecule has 5 N–H and O–H groups in total. The molecule has 4 saturated carbocycles. The highest BCUT2D eigenvalue weighted by atomic mass is 32.2. The third-order valence-electron chi connectivity index (χ3n) is 12.0. The van der Waals surface area contributed by atoms with Crippen LogP contribution in [-0.4, -0.2) is 64.8 Å². The highest BCUT2D eigenvalue weighted by molar-refractivity contribution is 7.85. The fourth-order valence-corrected chi connectivity index (χ4v) is 10.9. The maximum absolute atomic E-state index is 12.5. The molecule has 220 valence electrons. The number of amides is 1. The number of hydrogen-bond donors (Lipinski definition) is 5. The van der Waals surface area contributed by atoms with Crippen molar-refractivity contribution in [1.82, 2.24) is 5.32 Å². The van der Waals surface area contributed by atoms with Crippen LogP contribution < -0.4 is 5.32 Å². The fourth-order valence-electron chi connectivity index (χ4n) is 10.2. The van der Waals surface area contributed by atoms with Crippen LogP contribution in [0.3, 0.4) is 0 Å². The van der Waals surface area contributed by atoms with E-state index in [0.29, 0.717) is 41.9 Å². The van der Waals surface area contributed by atoms with Crippen molar-refractivity contribution in [1.29, 1.82) is 0 Å². The Morgan fingerprint density at radius 1 is 1.03 bits per heavy atom. The Hall–Kier alpha value is -0.740. The molecule has 12 atom stereocenters. The molecule has 0 aromatic carbocycles. The van der Waals surface area contributed by atoms with E-state index in [1.165, 1.54) is 0 Å². The molecule has 38 heavy (non-hydrogen) atoms. The molecule has 0 aliphatic heterocycles. The zero-order chi connectivity index (χ0) is 28.0. The van der Waals surface area contributed by atoms with Gasteiger partial charge in [0.2, 0.25) is 5.91 Å². The van der Waals surface area contributed by atoms with Gasteiger partial charge >= 0.3 is 0 Å². The summed E-state index contributed by atoms with van der Waals surface area (Å²) in [5.74, 6) is 1.62. The van der Waals surface area contributed by atoms with Crippen LogP contribution in [0.25, 0.3) is 0 Å². The minimum absolute atomic E-state index is 0.117. The summed E-state index contributed by atoms with van der Waals surface area (Å²) in [4.78, 5) is 12.5. The average molecular weight is 558 g/mol. The summed E-state index contributed by atoms with van der Waals surface area (Å²) in [6, 6.07) is -1.01. The number of fused-ring (bicyclic) bond motifs is 5. The molecule has 8 nitrogen and oxygen atoms in total. The van der Waals surface area contributed by atoms with E-state index in [0.717, 1.165) is 51.4 Å². The van der Waals surface area contributed by atoms with E-state index in [4.69, 9.17) is 4.55 Å². The zero-order valence-corrected chi connectivity index (χ0v) is 24.5. The van der Waals surface area contributed by atoms with Gasteiger partial charge in [-0.15, -0.1) is 0 Å². The summed E-state index contributed by atoms with van der Waals surface area (Å²) < 4.78 is 31.3. The van der Waals surface area contributed by atoms with Crippen molar-refractivity contribution < 1.29 is 33.1 Å². The largest absolute Gasteiger partial charge is 0.394 e. The molecule has 1 amide bonds. The lowest BCUT2D eigenvalue weighted by molar-refractivity contribution is -0.203. The lowest BCUT2D eigenvalue weighted by atomic mass is 9.41. The molecular formula is C29H51NO7S. The van der Waals surface area contributed by atoms with Crippen molar-refractivity contribution in [3.8, 4) is 0 Å². The molecule has 9 heteroatoms. The van der Waals surface area contributed by atoms with Crippen LogP contribution in [0, 0.1) is 52.3 Å². The third kappa shape index (κ3) is 5.56. The maximum atomic E-state index is 12.5. The average Bonchev–Trinajstić information content (AvgIpc) is 3.19. The second-order valence-corrected chi connectivity index (χ2v) is 15.3. The first-order valence-corrected chi connectivity index (χ1v) is 16.6. The monoisotopic (exact) mass is 557 g/mol. The van der Waals surface area contributed by atoms with Crippen molar-refractivity contribution in [3.63, 3.8) is 0 Å². The molecule has 0 aromatic heterocycles. The van der Waals surface area contributed by atoms with E-state index in [1.54, 1.807) is 0 Å². The first kappa shape index (κ1) is 30.2. The summed E-state index contributed by atoms with van der Waals surface area (Å²) >= 11 is 0. The first-order valence-electron chi connectivity index (χ1n) is 15.0. The molecule has 0 aromatic rings. The minimum Gasteiger partial charge on any atom is -0.394 e. The highest BCUT2D eigenvalue weighted by Crippen LogP contribution is 2.69. The molecule has 0 radical (unpaired) electrons. The van der Waals surface area contributed by atoms with Crippen molar-refractivity contribution in [3.05, 3.63) is 0 Å². The normalized spacial score (nSPS) is 44.4. The Labute approximate surface area is 229 Å². The van der Waals surface area contributed by atoms with E-state index in [2.05, 4.69) is 33.0 Å². The number of hydrogen-bond acceptors (Lipinski definition) is 6. The van der Waals surface area contributed by atoms with Crippen molar-refractivity contribution in [2.45, 2.75) is 110 Å². The summed E-state index contributed by atoms with van der Waals surface area (Å²) in [5.41, 5.74) is 0.296. The van der Waals surface area contributed by atoms with Gasteiger partial charge in [0.1, 0.15) is 0 Å². The molecule has 4 rings (SSSR count). The van der Waals surface area contributed by atoms with Crippen LogP contribution in [0.1, 0.15) is 91.9 Å². The fraction of sp³-hybridized carbons (Fsp3) is 0.966. The van der Waals surface area contributed by atoms with E-state index in [-0.39, 0.29) is 41.3 Å². The lowest BCUT2D eigenvalue weighted by Crippen LogP contribution is -2.62. The number of carbonyl (C=O) groups excluding carboxylic acids is 1. The zero-order valence-electron chi connectivity index (χ0n) is 23.7. The SMILES string of the molecule is CC[C@H]1[C@@H](O)[C@@H]2[C@H](CC[C@]3(C)[C@@H]([C@H](C)CCC(=O)N[C@H](CO)CS(=O)(=O)O)CC[C@@H]23)[C@@]2(C)CC[C@@H](O)C[C@@H]12. The van der Waals surface area contributed by atoms with Gasteiger partial charge in [-0.05, 0) is 104 Å². The number of aliphatic hydroxyl groups excluding tert-OH is 3. The van der Waals surface area contributed by atoms with E-state index in [1.807, 2.05) is 0 Å². The van der Waals surface area contributed by atoms with Gasteiger partial charge in [0.05, 0.1) is 30.6 Å². The molecule has 4 fully saturated rings. The van der Waals surface area contributed by atoms with Gasteiger partial charge in [0, 0.05) is 6.42 Å². The molecule has 4 aliphatic carbocycles. The van der Waals surface area contributed by atoms with Crippen molar-refractivity contribution in [2.75, 3.05) is 12.4 Å². The number of aliphatic hydroxyl groups is 3. The summed E-state index contributed by atoms with van der Waals surface area (Å²) in [6.45, 7) is 8.73. The van der Waals surface area contributed by atoms with Gasteiger partial charge in [-0.2, -0.15) is 8.42 Å². The molecule has 0 unspecified atom stereocenters. The van der Waals surface area contributed by atoms with Crippen LogP contribution in [0.2, 0.25) is 0 Å². The Morgan fingerprint density at radius 3 is 2.32 bits per heavy atom. The van der Waals surface area contributed by atoms with Gasteiger partial charge in [-0.3, -0.25) is 9.35 Å². The predicted molar refractivity (Wildman–Crippen MR) is 146 cm³/mol. The van der Waals surface area contributed by atoms with Crippen molar-refractivity contribution in [2.24, 2.45) is 52.3 Å². The lowest BCUT2D eigenvalue weighted by Gasteiger charge is -2.64. The Bertz CT molecular complexity index is 959. The number of rotatable bonds is 9. The summed E-state index contributed by atoms with van der Waals surface area (Å²) in [7, 11) is -4.29. The van der Waals surface area contributed by atoms with Gasteiger partial charge in [0.25, 0.3) is 10.1 Å². The standard InChI is InChI=1S/C29H51NO7S/c1-5-20-24-14-19(32)10-12-29(24,4)23-11-13-28(3)21(7-8-22(28)26(23)27(20)34)17(2)6-9-25(33)30-18(15-31)16-38(35,36)37/h17-24,26-27,31-32,34H,5-16H2,1-4H3,(H,30,33)(H,35,36,37)/t17-,18-,19-,20-,21-,22+,23+,24+,26+,27-,28-,29-/m1/s1. The van der Waals surface area contributed by atoms with Crippen LogP contribution in [0.5, 0.6) is 0 Å². The molecule has 0 spiro atoms. The van der Waals surface area contributed by atoms with Gasteiger partial charge in [0.15, 0.2) is 0 Å². The maximum Gasteiger partial charge on any atom is 0.266 e. The topological polar surface area (TPSA) is 144 Å². The summed E-state index contributed by atoms with van der Waals surface area (Å²) in [5, 5.41) is 34.3. The first-order chi connectivity index (χ1) is 17.7. The predicted octanol–water partition coefficient (Wildman–Crippen LogP) is 3.39. The Balaban J connectivity index is 1.44. The third-order valence-corrected chi connectivity index (χ3v) is 12.8. The van der Waals surface area contributed by atoms with Crippen LogP contribution in [-0.2, 0) is 14.9 Å². The highest BCUT2D eigenvalue weighted by Gasteiger charge is 2.64. The van der Waals surface area contributed by atoms with Crippen molar-refractivity contribution >= 4 is 16.0 Å². The Morgan fingerprint density at radius 2 is 1.68 bits per heavy atom. The molecule has 0 heterocycles. The van der Waals surface area contributed by atoms with E-state index >= 15 is 0 Å².